The largest absolute Gasteiger partial charge is 0.314 e. The number of likely N-dealkylation sites (N-methyl/N-ethyl adjacent to an activating group) is 1. The fraction of sp³-hybridized carbons (Fsp3) is 0.700. The van der Waals surface area contributed by atoms with Gasteiger partial charge >= 0.3 is 0 Å². The van der Waals surface area contributed by atoms with Gasteiger partial charge in [0.2, 0.25) is 0 Å². The van der Waals surface area contributed by atoms with Gasteiger partial charge in [0.15, 0.2) is 0 Å². The molecule has 1 aromatic rings. The molecule has 1 rings (SSSR count). The number of hydrogen-bond donors (Lipinski definition) is 1. The van der Waals surface area contributed by atoms with Crippen molar-refractivity contribution in [3.8, 4) is 0 Å². The molecule has 0 fully saturated rings. The van der Waals surface area contributed by atoms with Gasteiger partial charge in [0, 0.05) is 6.04 Å². The first-order chi connectivity index (χ1) is 10.2. The molecule has 1 atom stereocenters. The first-order valence-electron chi connectivity index (χ1n) is 8.96. The Morgan fingerprint density at radius 2 is 1.62 bits per heavy atom. The lowest BCUT2D eigenvalue weighted by Crippen LogP contribution is -2.31. The van der Waals surface area contributed by atoms with Gasteiger partial charge < -0.3 is 5.32 Å². The maximum Gasteiger partial charge on any atom is 0.0107 e. The molecule has 0 saturated heterocycles. The number of rotatable bonds is 11. The van der Waals surface area contributed by atoms with Crippen LogP contribution in [0.3, 0.4) is 0 Å². The van der Waals surface area contributed by atoms with E-state index in [1.807, 2.05) is 0 Å². The Morgan fingerprint density at radius 1 is 0.905 bits per heavy atom. The van der Waals surface area contributed by atoms with Crippen LogP contribution in [0.1, 0.15) is 75.5 Å². The monoisotopic (exact) mass is 289 g/mol. The fourth-order valence-corrected chi connectivity index (χ4v) is 2.95. The SMILES string of the molecule is CCCCCCCCC(Cc1ccc(C)c(C)c1)NCC. The highest BCUT2D eigenvalue weighted by Gasteiger charge is 2.08. The van der Waals surface area contributed by atoms with Crippen molar-refractivity contribution < 1.29 is 0 Å². The van der Waals surface area contributed by atoms with Crippen LogP contribution in [-0.4, -0.2) is 12.6 Å². The van der Waals surface area contributed by atoms with Crippen LogP contribution in [0.2, 0.25) is 0 Å². The molecule has 1 N–H and O–H groups in total. The molecule has 0 aliphatic rings. The Kier molecular flexibility index (Phi) is 9.41. The lowest BCUT2D eigenvalue weighted by molar-refractivity contribution is 0.459. The van der Waals surface area contributed by atoms with E-state index in [0.29, 0.717) is 6.04 Å². The van der Waals surface area contributed by atoms with Gasteiger partial charge in [-0.25, -0.2) is 0 Å². The maximum absolute atomic E-state index is 3.67. The van der Waals surface area contributed by atoms with Gasteiger partial charge in [0.25, 0.3) is 0 Å². The molecule has 0 aliphatic heterocycles. The summed E-state index contributed by atoms with van der Waals surface area (Å²) in [5, 5.41) is 3.67. The van der Waals surface area contributed by atoms with E-state index in [1.54, 1.807) is 0 Å². The minimum absolute atomic E-state index is 0.642. The van der Waals surface area contributed by atoms with Gasteiger partial charge in [0.1, 0.15) is 0 Å². The molecule has 0 saturated carbocycles. The molecule has 0 spiro atoms. The minimum atomic E-state index is 0.642. The van der Waals surface area contributed by atoms with Crippen LogP contribution in [0.25, 0.3) is 0 Å². The molecule has 1 aromatic carbocycles. The van der Waals surface area contributed by atoms with E-state index in [9.17, 15) is 0 Å². The predicted molar refractivity (Wildman–Crippen MR) is 95.1 cm³/mol. The molecular weight excluding hydrogens is 254 g/mol. The average Bonchev–Trinajstić information content (AvgIpc) is 2.46. The molecule has 0 bridgehead atoms. The third kappa shape index (κ3) is 7.66. The maximum atomic E-state index is 3.67. The molecule has 0 aliphatic carbocycles. The number of unbranched alkanes of at least 4 members (excludes halogenated alkanes) is 5. The van der Waals surface area contributed by atoms with Crippen molar-refractivity contribution in [3.63, 3.8) is 0 Å². The fourth-order valence-electron chi connectivity index (χ4n) is 2.95. The van der Waals surface area contributed by atoms with Gasteiger partial charge in [0.05, 0.1) is 0 Å². The molecule has 0 amide bonds. The Labute approximate surface area is 132 Å². The van der Waals surface area contributed by atoms with Gasteiger partial charge in [-0.15, -0.1) is 0 Å². The lowest BCUT2D eigenvalue weighted by Gasteiger charge is -2.18. The Morgan fingerprint density at radius 3 is 2.29 bits per heavy atom. The Balaban J connectivity index is 2.36. The molecule has 1 unspecified atom stereocenters. The first-order valence-corrected chi connectivity index (χ1v) is 8.96. The molecule has 21 heavy (non-hydrogen) atoms. The first kappa shape index (κ1) is 18.2. The van der Waals surface area contributed by atoms with E-state index in [1.165, 1.54) is 68.1 Å². The van der Waals surface area contributed by atoms with Crippen LogP contribution in [0.5, 0.6) is 0 Å². The van der Waals surface area contributed by atoms with Crippen molar-refractivity contribution in [1.29, 1.82) is 0 Å². The van der Waals surface area contributed by atoms with Crippen molar-refractivity contribution in [2.75, 3.05) is 6.54 Å². The average molecular weight is 290 g/mol. The molecule has 0 radical (unpaired) electrons. The van der Waals surface area contributed by atoms with Crippen LogP contribution >= 0.6 is 0 Å². The Bertz CT molecular complexity index is 383. The van der Waals surface area contributed by atoms with Crippen molar-refractivity contribution in [2.24, 2.45) is 0 Å². The number of hydrogen-bond acceptors (Lipinski definition) is 1. The third-order valence-electron chi connectivity index (χ3n) is 4.45. The van der Waals surface area contributed by atoms with E-state index < -0.39 is 0 Å². The van der Waals surface area contributed by atoms with Gasteiger partial charge in [-0.1, -0.05) is 70.6 Å². The summed E-state index contributed by atoms with van der Waals surface area (Å²) in [5.74, 6) is 0. The summed E-state index contributed by atoms with van der Waals surface area (Å²) in [6.45, 7) is 9.98. The Hall–Kier alpha value is -0.820. The van der Waals surface area contributed by atoms with E-state index in [-0.39, 0.29) is 0 Å². The molecule has 1 nitrogen and oxygen atoms in total. The van der Waals surface area contributed by atoms with Gasteiger partial charge in [-0.3, -0.25) is 0 Å². The minimum Gasteiger partial charge on any atom is -0.314 e. The topological polar surface area (TPSA) is 12.0 Å². The quantitative estimate of drug-likeness (QED) is 0.525. The molecule has 0 heterocycles. The molecule has 0 aromatic heterocycles. The second-order valence-corrected chi connectivity index (χ2v) is 6.43. The highest BCUT2D eigenvalue weighted by atomic mass is 14.9. The van der Waals surface area contributed by atoms with Crippen LogP contribution in [-0.2, 0) is 6.42 Å². The summed E-state index contributed by atoms with van der Waals surface area (Å²) in [5.41, 5.74) is 4.30. The molecule has 1 heteroatoms. The van der Waals surface area contributed by atoms with Crippen LogP contribution in [0, 0.1) is 13.8 Å². The smallest absolute Gasteiger partial charge is 0.0107 e. The number of nitrogens with one attached hydrogen (secondary N) is 1. The normalized spacial score (nSPS) is 12.6. The highest BCUT2D eigenvalue weighted by Crippen LogP contribution is 2.15. The van der Waals surface area contributed by atoms with Crippen LogP contribution < -0.4 is 5.32 Å². The number of aryl methyl sites for hydroxylation is 2. The van der Waals surface area contributed by atoms with Crippen molar-refractivity contribution in [3.05, 3.63) is 34.9 Å². The van der Waals surface area contributed by atoms with E-state index >= 15 is 0 Å². The van der Waals surface area contributed by atoms with Crippen molar-refractivity contribution >= 4 is 0 Å². The summed E-state index contributed by atoms with van der Waals surface area (Å²) >= 11 is 0. The summed E-state index contributed by atoms with van der Waals surface area (Å²) in [6, 6.07) is 7.57. The summed E-state index contributed by atoms with van der Waals surface area (Å²) in [7, 11) is 0. The summed E-state index contributed by atoms with van der Waals surface area (Å²) in [6.07, 6.45) is 10.8. The zero-order chi connectivity index (χ0) is 15.5. The third-order valence-corrected chi connectivity index (χ3v) is 4.45. The zero-order valence-electron chi connectivity index (χ0n) is 14.7. The van der Waals surface area contributed by atoms with Crippen LogP contribution in [0.4, 0.5) is 0 Å². The van der Waals surface area contributed by atoms with Crippen LogP contribution in [0.15, 0.2) is 18.2 Å². The number of benzene rings is 1. The lowest BCUT2D eigenvalue weighted by atomic mass is 9.97. The van der Waals surface area contributed by atoms with Crippen molar-refractivity contribution in [1.82, 2.24) is 5.32 Å². The van der Waals surface area contributed by atoms with Gasteiger partial charge in [-0.05, 0) is 49.9 Å². The zero-order valence-corrected chi connectivity index (χ0v) is 14.7. The molecule has 120 valence electrons. The predicted octanol–water partition coefficient (Wildman–Crippen LogP) is 5.57. The highest BCUT2D eigenvalue weighted by molar-refractivity contribution is 5.30. The second-order valence-electron chi connectivity index (χ2n) is 6.43. The van der Waals surface area contributed by atoms with E-state index in [2.05, 4.69) is 51.2 Å². The van der Waals surface area contributed by atoms with Gasteiger partial charge in [-0.2, -0.15) is 0 Å². The van der Waals surface area contributed by atoms with Crippen molar-refractivity contribution in [2.45, 2.75) is 85.1 Å². The second kappa shape index (κ2) is 10.8. The van der Waals surface area contributed by atoms with E-state index in [4.69, 9.17) is 0 Å². The molecular formula is C20H35N. The summed E-state index contributed by atoms with van der Waals surface area (Å²) < 4.78 is 0. The summed E-state index contributed by atoms with van der Waals surface area (Å²) in [4.78, 5) is 0. The van der Waals surface area contributed by atoms with E-state index in [0.717, 1.165) is 6.54 Å². The standard InChI is InChI=1S/C20H35N/c1-5-7-8-9-10-11-12-20(21-6-2)16-19-14-13-17(3)18(4)15-19/h13-15,20-21H,5-12,16H2,1-4H3.